The van der Waals surface area contributed by atoms with Crippen LogP contribution < -0.4 is 0 Å². The second-order valence-corrected chi connectivity index (χ2v) is 4.05. The van der Waals surface area contributed by atoms with Crippen molar-refractivity contribution >= 4 is 17.6 Å². The Hall–Kier alpha value is -2.01. The number of nitrogens with zero attached hydrogens (tertiary/aromatic N) is 1. The average Bonchev–Trinajstić information content (AvgIpc) is 2.39. The Labute approximate surface area is 112 Å². The lowest BCUT2D eigenvalue weighted by molar-refractivity contribution is 0.0594. The lowest BCUT2D eigenvalue weighted by atomic mass is 10.1. The number of aromatic nitrogens is 1. The largest absolute Gasteiger partial charge is 0.464 e. The summed E-state index contributed by atoms with van der Waals surface area (Å²) in [7, 11) is 1.19. The Morgan fingerprint density at radius 3 is 2.63 bits per heavy atom. The predicted molar refractivity (Wildman–Crippen MR) is 65.9 cm³/mol. The Kier molecular flexibility index (Phi) is 3.76. The van der Waals surface area contributed by atoms with Gasteiger partial charge in [-0.3, -0.25) is 0 Å². The molecular formula is C13H8ClF2NO2. The van der Waals surface area contributed by atoms with Crippen LogP contribution >= 0.6 is 11.6 Å². The molecule has 0 bridgehead atoms. The maximum atomic E-state index is 13.6. The molecule has 6 heteroatoms. The van der Waals surface area contributed by atoms with Crippen LogP contribution in [0.4, 0.5) is 8.78 Å². The molecule has 0 aliphatic rings. The summed E-state index contributed by atoms with van der Waals surface area (Å²) in [6, 6.07) is 5.92. The molecule has 0 amide bonds. The summed E-state index contributed by atoms with van der Waals surface area (Å²) in [5.74, 6) is -2.19. The van der Waals surface area contributed by atoms with Gasteiger partial charge in [0.15, 0.2) is 5.69 Å². The van der Waals surface area contributed by atoms with Crippen molar-refractivity contribution < 1.29 is 18.3 Å². The molecular weight excluding hydrogens is 276 g/mol. The van der Waals surface area contributed by atoms with Gasteiger partial charge in [0, 0.05) is 11.6 Å². The lowest BCUT2D eigenvalue weighted by Crippen LogP contribution is -2.06. The van der Waals surface area contributed by atoms with E-state index >= 15 is 0 Å². The highest BCUT2D eigenvalue weighted by Crippen LogP contribution is 2.25. The molecule has 1 aromatic heterocycles. The number of halogens is 3. The van der Waals surface area contributed by atoms with Crippen molar-refractivity contribution in [3.05, 3.63) is 52.7 Å². The first kappa shape index (κ1) is 13.4. The fourth-order valence-electron chi connectivity index (χ4n) is 1.53. The van der Waals surface area contributed by atoms with Crippen molar-refractivity contribution in [1.82, 2.24) is 4.98 Å². The molecule has 2 aromatic rings. The number of esters is 1. The number of carbonyl (C=O) groups is 1. The van der Waals surface area contributed by atoms with Gasteiger partial charge < -0.3 is 4.74 Å². The van der Waals surface area contributed by atoms with Crippen molar-refractivity contribution in [3.63, 3.8) is 0 Å². The van der Waals surface area contributed by atoms with Gasteiger partial charge in [-0.05, 0) is 24.3 Å². The van der Waals surface area contributed by atoms with Crippen molar-refractivity contribution in [2.45, 2.75) is 0 Å². The molecule has 1 heterocycles. The molecule has 0 saturated heterocycles. The second kappa shape index (κ2) is 5.32. The molecule has 98 valence electrons. The van der Waals surface area contributed by atoms with E-state index in [0.717, 1.165) is 12.1 Å². The van der Waals surface area contributed by atoms with E-state index in [1.165, 1.54) is 25.3 Å². The number of rotatable bonds is 2. The summed E-state index contributed by atoms with van der Waals surface area (Å²) in [6.45, 7) is 0. The van der Waals surface area contributed by atoms with Crippen molar-refractivity contribution in [1.29, 1.82) is 0 Å². The van der Waals surface area contributed by atoms with E-state index < -0.39 is 17.6 Å². The maximum Gasteiger partial charge on any atom is 0.358 e. The highest BCUT2D eigenvalue weighted by Gasteiger charge is 2.15. The van der Waals surface area contributed by atoms with Crippen LogP contribution in [0.15, 0.2) is 30.3 Å². The van der Waals surface area contributed by atoms with Gasteiger partial charge in [0.1, 0.15) is 11.6 Å². The van der Waals surface area contributed by atoms with Gasteiger partial charge in [-0.15, -0.1) is 0 Å². The summed E-state index contributed by atoms with van der Waals surface area (Å²) < 4.78 is 31.0. The fourth-order valence-corrected chi connectivity index (χ4v) is 1.71. The molecule has 0 unspecified atom stereocenters. The van der Waals surface area contributed by atoms with Crippen LogP contribution in [-0.2, 0) is 4.74 Å². The Morgan fingerprint density at radius 2 is 2.00 bits per heavy atom. The zero-order chi connectivity index (χ0) is 14.0. The number of methoxy groups -OCH3 is 1. The third-order valence-electron chi connectivity index (χ3n) is 2.43. The molecule has 0 spiro atoms. The van der Waals surface area contributed by atoms with Gasteiger partial charge in [-0.1, -0.05) is 11.6 Å². The molecule has 19 heavy (non-hydrogen) atoms. The Morgan fingerprint density at radius 1 is 1.26 bits per heavy atom. The third-order valence-corrected chi connectivity index (χ3v) is 2.74. The molecule has 0 aliphatic carbocycles. The lowest BCUT2D eigenvalue weighted by Gasteiger charge is -2.06. The minimum atomic E-state index is -0.773. The molecule has 1 aromatic carbocycles. The smallest absolute Gasteiger partial charge is 0.358 e. The molecule has 0 N–H and O–H groups in total. The van der Waals surface area contributed by atoms with Crippen LogP contribution in [0.5, 0.6) is 0 Å². The average molecular weight is 284 g/mol. The van der Waals surface area contributed by atoms with E-state index in [1.54, 1.807) is 0 Å². The minimum absolute atomic E-state index is 0.0724. The standard InChI is InChI=1S/C13H8ClF2NO2/c1-19-13(18)12-9(14)4-5-11(17-12)8-3-2-7(15)6-10(8)16/h2-6H,1H3. The van der Waals surface area contributed by atoms with E-state index in [1.807, 2.05) is 0 Å². The second-order valence-electron chi connectivity index (χ2n) is 3.64. The van der Waals surface area contributed by atoms with E-state index in [2.05, 4.69) is 9.72 Å². The minimum Gasteiger partial charge on any atom is -0.464 e. The first-order valence-corrected chi connectivity index (χ1v) is 5.61. The van der Waals surface area contributed by atoms with Gasteiger partial charge in [-0.25, -0.2) is 18.6 Å². The number of benzene rings is 1. The number of carbonyl (C=O) groups excluding carboxylic acids is 1. The van der Waals surface area contributed by atoms with Crippen LogP contribution in [0.2, 0.25) is 5.02 Å². The Balaban J connectivity index is 2.54. The molecule has 0 saturated carbocycles. The number of pyridine rings is 1. The maximum absolute atomic E-state index is 13.6. The van der Waals surface area contributed by atoms with Gasteiger partial charge in [0.05, 0.1) is 17.8 Å². The van der Waals surface area contributed by atoms with E-state index in [4.69, 9.17) is 11.6 Å². The van der Waals surface area contributed by atoms with Crippen LogP contribution in [0.3, 0.4) is 0 Å². The SMILES string of the molecule is COC(=O)c1nc(-c2ccc(F)cc2F)ccc1Cl. The molecule has 0 radical (unpaired) electrons. The molecule has 0 aliphatic heterocycles. The van der Waals surface area contributed by atoms with Crippen molar-refractivity contribution in [2.75, 3.05) is 7.11 Å². The molecule has 2 rings (SSSR count). The summed E-state index contributed by atoms with van der Waals surface area (Å²) in [4.78, 5) is 15.4. The monoisotopic (exact) mass is 283 g/mol. The summed E-state index contributed by atoms with van der Waals surface area (Å²) in [6.07, 6.45) is 0. The fraction of sp³-hybridized carbons (Fsp3) is 0.0769. The normalized spacial score (nSPS) is 10.3. The highest BCUT2D eigenvalue weighted by molar-refractivity contribution is 6.33. The van der Waals surface area contributed by atoms with E-state index in [0.29, 0.717) is 0 Å². The van der Waals surface area contributed by atoms with Crippen molar-refractivity contribution in [2.24, 2.45) is 0 Å². The zero-order valence-corrected chi connectivity index (χ0v) is 10.5. The van der Waals surface area contributed by atoms with Gasteiger partial charge in [0.2, 0.25) is 0 Å². The van der Waals surface area contributed by atoms with Gasteiger partial charge in [0.25, 0.3) is 0 Å². The number of hydrogen-bond acceptors (Lipinski definition) is 3. The topological polar surface area (TPSA) is 39.2 Å². The van der Waals surface area contributed by atoms with Crippen LogP contribution in [0, 0.1) is 11.6 Å². The predicted octanol–water partition coefficient (Wildman–Crippen LogP) is 3.47. The van der Waals surface area contributed by atoms with E-state index in [-0.39, 0.29) is 22.0 Å². The quantitative estimate of drug-likeness (QED) is 0.792. The van der Waals surface area contributed by atoms with Gasteiger partial charge >= 0.3 is 5.97 Å². The van der Waals surface area contributed by atoms with Crippen LogP contribution in [-0.4, -0.2) is 18.1 Å². The van der Waals surface area contributed by atoms with Crippen LogP contribution in [0.1, 0.15) is 10.5 Å². The number of hydrogen-bond donors (Lipinski definition) is 0. The first-order chi connectivity index (χ1) is 9.02. The van der Waals surface area contributed by atoms with Crippen LogP contribution in [0.25, 0.3) is 11.3 Å². The summed E-state index contributed by atoms with van der Waals surface area (Å²) in [5, 5.41) is 0.0955. The molecule has 0 atom stereocenters. The highest BCUT2D eigenvalue weighted by atomic mass is 35.5. The summed E-state index contributed by atoms with van der Waals surface area (Å²) in [5.41, 5.74) is 0.121. The Bertz CT molecular complexity index is 647. The third kappa shape index (κ3) is 2.71. The molecule has 0 fully saturated rings. The zero-order valence-electron chi connectivity index (χ0n) is 9.78. The first-order valence-electron chi connectivity index (χ1n) is 5.23. The summed E-state index contributed by atoms with van der Waals surface area (Å²) >= 11 is 5.81. The molecule has 3 nitrogen and oxygen atoms in total. The number of ether oxygens (including phenoxy) is 1. The van der Waals surface area contributed by atoms with Crippen molar-refractivity contribution in [3.8, 4) is 11.3 Å². The van der Waals surface area contributed by atoms with E-state index in [9.17, 15) is 13.6 Å². The van der Waals surface area contributed by atoms with Gasteiger partial charge in [-0.2, -0.15) is 0 Å².